The van der Waals surface area contributed by atoms with Crippen LogP contribution in [0, 0.1) is 5.92 Å². The second kappa shape index (κ2) is 7.43. The Morgan fingerprint density at radius 1 is 1.22 bits per heavy atom. The van der Waals surface area contributed by atoms with Gasteiger partial charge in [-0.05, 0) is 45.7 Å². The minimum Gasteiger partial charge on any atom is -0.380 e. The van der Waals surface area contributed by atoms with Gasteiger partial charge in [-0.15, -0.1) is 0 Å². The van der Waals surface area contributed by atoms with Crippen molar-refractivity contribution < 1.29 is 9.47 Å². The molecule has 0 bridgehead atoms. The fourth-order valence-corrected chi connectivity index (χ4v) is 2.49. The molecule has 1 saturated heterocycles. The molecular weight excluding hydrogens is 228 g/mol. The summed E-state index contributed by atoms with van der Waals surface area (Å²) in [6.45, 7) is 4.86. The van der Waals surface area contributed by atoms with Crippen LogP contribution in [0.3, 0.4) is 0 Å². The van der Waals surface area contributed by atoms with E-state index < -0.39 is 0 Å². The van der Waals surface area contributed by atoms with E-state index in [-0.39, 0.29) is 0 Å². The Kier molecular flexibility index (Phi) is 5.89. The molecule has 18 heavy (non-hydrogen) atoms. The third-order valence-electron chi connectivity index (χ3n) is 3.81. The molecule has 1 heterocycles. The van der Waals surface area contributed by atoms with Crippen LogP contribution in [0.1, 0.15) is 25.7 Å². The van der Waals surface area contributed by atoms with Crippen molar-refractivity contribution in [1.82, 2.24) is 10.2 Å². The highest BCUT2D eigenvalue weighted by atomic mass is 16.5. The molecule has 0 aromatic carbocycles. The molecule has 1 aliphatic heterocycles. The largest absolute Gasteiger partial charge is 0.380 e. The van der Waals surface area contributed by atoms with Crippen molar-refractivity contribution >= 4 is 0 Å². The predicted octanol–water partition coefficient (Wildman–Crippen LogP) is 1.11. The molecule has 2 atom stereocenters. The molecule has 1 N–H and O–H groups in total. The van der Waals surface area contributed by atoms with Crippen LogP contribution in [0.25, 0.3) is 0 Å². The van der Waals surface area contributed by atoms with Gasteiger partial charge < -0.3 is 19.7 Å². The molecule has 1 aliphatic carbocycles. The highest BCUT2D eigenvalue weighted by molar-refractivity contribution is 4.77. The van der Waals surface area contributed by atoms with Gasteiger partial charge in [0.25, 0.3) is 0 Å². The topological polar surface area (TPSA) is 33.7 Å². The summed E-state index contributed by atoms with van der Waals surface area (Å²) < 4.78 is 11.6. The second-order valence-electron chi connectivity index (χ2n) is 5.80. The molecule has 2 unspecified atom stereocenters. The van der Waals surface area contributed by atoms with Gasteiger partial charge in [-0.3, -0.25) is 0 Å². The highest BCUT2D eigenvalue weighted by Crippen LogP contribution is 2.28. The Morgan fingerprint density at radius 3 is 2.72 bits per heavy atom. The van der Waals surface area contributed by atoms with Crippen LogP contribution in [0.15, 0.2) is 0 Å². The summed E-state index contributed by atoms with van der Waals surface area (Å²) in [6, 6.07) is 0. The van der Waals surface area contributed by atoms with E-state index in [1.165, 1.54) is 25.7 Å². The maximum absolute atomic E-state index is 5.98. The average molecular weight is 256 g/mol. The van der Waals surface area contributed by atoms with Crippen LogP contribution in [-0.2, 0) is 9.47 Å². The first kappa shape index (κ1) is 14.3. The third-order valence-corrected chi connectivity index (χ3v) is 3.81. The summed E-state index contributed by atoms with van der Waals surface area (Å²) in [7, 11) is 4.15. The maximum Gasteiger partial charge on any atom is 0.0707 e. The van der Waals surface area contributed by atoms with E-state index in [1.807, 2.05) is 7.05 Å². The predicted molar refractivity (Wildman–Crippen MR) is 72.9 cm³/mol. The SMILES string of the molecule is CNCC1CCC(CN(C)CCOCC2CC2)O1. The molecular formula is C14H28N2O2. The summed E-state index contributed by atoms with van der Waals surface area (Å²) in [5.41, 5.74) is 0. The zero-order chi connectivity index (χ0) is 12.8. The molecule has 2 rings (SSSR count). The van der Waals surface area contributed by atoms with Gasteiger partial charge in [0.2, 0.25) is 0 Å². The molecule has 2 fully saturated rings. The minimum atomic E-state index is 0.414. The minimum absolute atomic E-state index is 0.414. The molecule has 4 nitrogen and oxygen atoms in total. The van der Waals surface area contributed by atoms with E-state index >= 15 is 0 Å². The zero-order valence-electron chi connectivity index (χ0n) is 11.9. The summed E-state index contributed by atoms with van der Waals surface area (Å²) >= 11 is 0. The quantitative estimate of drug-likeness (QED) is 0.627. The first-order valence-corrected chi connectivity index (χ1v) is 7.34. The second-order valence-corrected chi connectivity index (χ2v) is 5.80. The molecule has 0 spiro atoms. The molecule has 0 aromatic heterocycles. The fourth-order valence-electron chi connectivity index (χ4n) is 2.49. The smallest absolute Gasteiger partial charge is 0.0707 e. The lowest BCUT2D eigenvalue weighted by Crippen LogP contribution is -2.33. The van der Waals surface area contributed by atoms with E-state index in [0.717, 1.165) is 38.8 Å². The maximum atomic E-state index is 5.98. The van der Waals surface area contributed by atoms with Crippen molar-refractivity contribution in [3.8, 4) is 0 Å². The van der Waals surface area contributed by atoms with Crippen molar-refractivity contribution in [2.24, 2.45) is 5.92 Å². The number of hydrogen-bond donors (Lipinski definition) is 1. The lowest BCUT2D eigenvalue weighted by Gasteiger charge is -2.21. The van der Waals surface area contributed by atoms with Crippen LogP contribution in [0.4, 0.5) is 0 Å². The molecule has 0 aromatic rings. The molecule has 1 saturated carbocycles. The number of nitrogens with one attached hydrogen (secondary N) is 1. The van der Waals surface area contributed by atoms with Crippen molar-refractivity contribution in [2.45, 2.75) is 37.9 Å². The van der Waals surface area contributed by atoms with Gasteiger partial charge >= 0.3 is 0 Å². The monoisotopic (exact) mass is 256 g/mol. The van der Waals surface area contributed by atoms with Gasteiger partial charge in [-0.2, -0.15) is 0 Å². The normalized spacial score (nSPS) is 28.2. The summed E-state index contributed by atoms with van der Waals surface area (Å²) in [4.78, 5) is 2.33. The van der Waals surface area contributed by atoms with Gasteiger partial charge in [0.05, 0.1) is 18.8 Å². The Bertz CT molecular complexity index is 234. The Morgan fingerprint density at radius 2 is 2.00 bits per heavy atom. The van der Waals surface area contributed by atoms with Crippen molar-refractivity contribution in [3.05, 3.63) is 0 Å². The highest BCUT2D eigenvalue weighted by Gasteiger charge is 2.25. The van der Waals surface area contributed by atoms with Gasteiger partial charge in [0, 0.05) is 26.2 Å². The van der Waals surface area contributed by atoms with Gasteiger partial charge in [0.1, 0.15) is 0 Å². The van der Waals surface area contributed by atoms with E-state index in [0.29, 0.717) is 12.2 Å². The summed E-state index contributed by atoms with van der Waals surface area (Å²) in [5.74, 6) is 0.871. The van der Waals surface area contributed by atoms with E-state index in [9.17, 15) is 0 Å². The molecule has 106 valence electrons. The van der Waals surface area contributed by atoms with Crippen LogP contribution in [0.5, 0.6) is 0 Å². The van der Waals surface area contributed by atoms with Crippen LogP contribution in [-0.4, -0.2) is 64.1 Å². The lowest BCUT2D eigenvalue weighted by atomic mass is 10.2. The molecule has 2 aliphatic rings. The Hall–Kier alpha value is -0.160. The Labute approximate surface area is 111 Å². The van der Waals surface area contributed by atoms with Gasteiger partial charge in [-0.1, -0.05) is 0 Å². The first-order valence-electron chi connectivity index (χ1n) is 7.34. The lowest BCUT2D eigenvalue weighted by molar-refractivity contribution is 0.0221. The van der Waals surface area contributed by atoms with E-state index in [4.69, 9.17) is 9.47 Å². The number of ether oxygens (including phenoxy) is 2. The Balaban J connectivity index is 1.49. The number of rotatable bonds is 9. The van der Waals surface area contributed by atoms with Crippen molar-refractivity contribution in [2.75, 3.05) is 46.9 Å². The summed E-state index contributed by atoms with van der Waals surface area (Å²) in [5, 5.41) is 3.18. The number of hydrogen-bond acceptors (Lipinski definition) is 4. The molecule has 0 radical (unpaired) electrons. The fraction of sp³-hybridized carbons (Fsp3) is 1.00. The average Bonchev–Trinajstić information content (AvgIpc) is 3.07. The molecule has 4 heteroatoms. The van der Waals surface area contributed by atoms with Crippen molar-refractivity contribution in [3.63, 3.8) is 0 Å². The number of likely N-dealkylation sites (N-methyl/N-ethyl adjacent to an activating group) is 2. The van der Waals surface area contributed by atoms with E-state index in [1.54, 1.807) is 0 Å². The first-order chi connectivity index (χ1) is 8.78. The van der Waals surface area contributed by atoms with E-state index in [2.05, 4.69) is 17.3 Å². The van der Waals surface area contributed by atoms with Gasteiger partial charge in [0.15, 0.2) is 0 Å². The van der Waals surface area contributed by atoms with Crippen LogP contribution in [0.2, 0.25) is 0 Å². The van der Waals surface area contributed by atoms with Crippen molar-refractivity contribution in [1.29, 1.82) is 0 Å². The van der Waals surface area contributed by atoms with Gasteiger partial charge in [-0.25, -0.2) is 0 Å². The summed E-state index contributed by atoms with van der Waals surface area (Å²) in [6.07, 6.45) is 5.96. The van der Waals surface area contributed by atoms with Crippen LogP contribution < -0.4 is 5.32 Å². The number of nitrogens with zero attached hydrogens (tertiary/aromatic N) is 1. The zero-order valence-corrected chi connectivity index (χ0v) is 11.9. The van der Waals surface area contributed by atoms with Crippen LogP contribution >= 0.6 is 0 Å². The molecule has 0 amide bonds. The third kappa shape index (κ3) is 5.22. The standard InChI is InChI=1S/C14H28N2O2/c1-15-9-13-5-6-14(18-13)10-16(2)7-8-17-11-12-3-4-12/h12-15H,3-11H2,1-2H3.